The fourth-order valence-corrected chi connectivity index (χ4v) is 2.61. The molecule has 1 aromatic rings. The molecule has 2 rings (SSSR count). The molecule has 0 saturated carbocycles. The number of methoxy groups -OCH3 is 2. The van der Waals surface area contributed by atoms with Gasteiger partial charge in [0.05, 0.1) is 14.2 Å². The Labute approximate surface area is 109 Å². The molecular formula is C15H23NO2. The summed E-state index contributed by atoms with van der Waals surface area (Å²) in [6, 6.07) is 4.19. The monoisotopic (exact) mass is 249 g/mol. The highest BCUT2D eigenvalue weighted by Gasteiger charge is 2.15. The van der Waals surface area contributed by atoms with Gasteiger partial charge in [-0.25, -0.2) is 0 Å². The van der Waals surface area contributed by atoms with Crippen LogP contribution < -0.4 is 14.8 Å². The molecule has 3 nitrogen and oxygen atoms in total. The van der Waals surface area contributed by atoms with Gasteiger partial charge in [0.2, 0.25) is 0 Å². The second-order valence-corrected chi connectivity index (χ2v) is 5.03. The maximum Gasteiger partial charge on any atom is 0.161 e. The van der Waals surface area contributed by atoms with Gasteiger partial charge in [0.15, 0.2) is 11.5 Å². The summed E-state index contributed by atoms with van der Waals surface area (Å²) in [5, 5.41) is 3.42. The molecule has 1 aliphatic heterocycles. The first-order valence-corrected chi connectivity index (χ1v) is 6.66. The second kappa shape index (κ2) is 6.10. The van der Waals surface area contributed by atoms with Crippen LogP contribution in [0.5, 0.6) is 11.5 Å². The Bertz CT molecular complexity index is 398. The number of ether oxygens (including phenoxy) is 2. The molecule has 0 aliphatic carbocycles. The quantitative estimate of drug-likeness (QED) is 0.870. The van der Waals surface area contributed by atoms with Crippen LogP contribution in [0, 0.1) is 12.8 Å². The molecule has 100 valence electrons. The largest absolute Gasteiger partial charge is 0.493 e. The van der Waals surface area contributed by atoms with Crippen molar-refractivity contribution in [2.24, 2.45) is 5.92 Å². The summed E-state index contributed by atoms with van der Waals surface area (Å²) in [5.41, 5.74) is 2.66. The molecule has 0 aromatic heterocycles. The van der Waals surface area contributed by atoms with E-state index in [0.717, 1.165) is 23.8 Å². The molecule has 1 aliphatic rings. The lowest BCUT2D eigenvalue weighted by molar-refractivity contribution is 0.354. The Morgan fingerprint density at radius 1 is 1.22 bits per heavy atom. The smallest absolute Gasteiger partial charge is 0.161 e. The van der Waals surface area contributed by atoms with Gasteiger partial charge in [-0.15, -0.1) is 0 Å². The normalized spacial score (nSPS) is 18.9. The minimum atomic E-state index is 0.821. The molecule has 0 radical (unpaired) electrons. The maximum absolute atomic E-state index is 5.37. The van der Waals surface area contributed by atoms with Gasteiger partial charge in [-0.05, 0) is 68.5 Å². The molecule has 0 amide bonds. The zero-order chi connectivity index (χ0) is 13.0. The van der Waals surface area contributed by atoms with Crippen molar-refractivity contribution in [3.8, 4) is 11.5 Å². The number of nitrogens with one attached hydrogen (secondary N) is 1. The number of benzene rings is 1. The van der Waals surface area contributed by atoms with Crippen LogP contribution in [0.1, 0.15) is 24.0 Å². The summed E-state index contributed by atoms with van der Waals surface area (Å²) in [4.78, 5) is 0. The minimum Gasteiger partial charge on any atom is -0.493 e. The third-order valence-electron chi connectivity index (χ3n) is 3.83. The number of rotatable bonds is 5. The van der Waals surface area contributed by atoms with Crippen molar-refractivity contribution in [2.75, 3.05) is 27.3 Å². The molecule has 3 heteroatoms. The van der Waals surface area contributed by atoms with Crippen molar-refractivity contribution in [2.45, 2.75) is 26.2 Å². The van der Waals surface area contributed by atoms with Crippen molar-refractivity contribution in [1.29, 1.82) is 0 Å². The van der Waals surface area contributed by atoms with Crippen LogP contribution in [-0.2, 0) is 6.42 Å². The first-order valence-electron chi connectivity index (χ1n) is 6.66. The van der Waals surface area contributed by atoms with Crippen molar-refractivity contribution < 1.29 is 9.47 Å². The van der Waals surface area contributed by atoms with E-state index in [4.69, 9.17) is 9.47 Å². The van der Waals surface area contributed by atoms with Gasteiger partial charge >= 0.3 is 0 Å². The minimum absolute atomic E-state index is 0.821. The molecule has 1 heterocycles. The van der Waals surface area contributed by atoms with Crippen LogP contribution in [0.4, 0.5) is 0 Å². The van der Waals surface area contributed by atoms with Gasteiger partial charge in [0.1, 0.15) is 0 Å². The molecular weight excluding hydrogens is 226 g/mol. The molecule has 0 bridgehead atoms. The van der Waals surface area contributed by atoms with Crippen molar-refractivity contribution in [3.63, 3.8) is 0 Å². The van der Waals surface area contributed by atoms with E-state index in [-0.39, 0.29) is 0 Å². The summed E-state index contributed by atoms with van der Waals surface area (Å²) < 4.78 is 10.7. The summed E-state index contributed by atoms with van der Waals surface area (Å²) in [5.74, 6) is 2.49. The number of hydrogen-bond acceptors (Lipinski definition) is 3. The first-order chi connectivity index (χ1) is 8.74. The molecule has 1 aromatic carbocycles. The molecule has 1 fully saturated rings. The topological polar surface area (TPSA) is 30.5 Å². The van der Waals surface area contributed by atoms with E-state index in [1.807, 2.05) is 0 Å². The summed E-state index contributed by atoms with van der Waals surface area (Å²) in [7, 11) is 3.37. The first kappa shape index (κ1) is 13.2. The molecule has 18 heavy (non-hydrogen) atoms. The summed E-state index contributed by atoms with van der Waals surface area (Å²) in [6.45, 7) is 4.49. The van der Waals surface area contributed by atoms with Crippen LogP contribution in [0.2, 0.25) is 0 Å². The lowest BCUT2D eigenvalue weighted by atomic mass is 9.96. The van der Waals surface area contributed by atoms with E-state index in [2.05, 4.69) is 24.4 Å². The average molecular weight is 249 g/mol. The molecule has 1 atom stereocenters. The fourth-order valence-electron chi connectivity index (χ4n) is 2.61. The van der Waals surface area contributed by atoms with Gasteiger partial charge in [-0.1, -0.05) is 0 Å². The highest BCUT2D eigenvalue weighted by molar-refractivity contribution is 5.47. The van der Waals surface area contributed by atoms with Crippen molar-refractivity contribution in [3.05, 3.63) is 23.3 Å². The van der Waals surface area contributed by atoms with Crippen LogP contribution in [0.25, 0.3) is 0 Å². The third-order valence-corrected chi connectivity index (χ3v) is 3.83. The molecule has 1 saturated heterocycles. The predicted molar refractivity (Wildman–Crippen MR) is 73.6 cm³/mol. The zero-order valence-electron chi connectivity index (χ0n) is 11.6. The number of aryl methyl sites for hydroxylation is 2. The van der Waals surface area contributed by atoms with E-state index in [1.54, 1.807) is 14.2 Å². The van der Waals surface area contributed by atoms with E-state index >= 15 is 0 Å². The number of hydrogen-bond donors (Lipinski definition) is 1. The Balaban J connectivity index is 2.06. The lowest BCUT2D eigenvalue weighted by Gasteiger charge is -2.14. The lowest BCUT2D eigenvalue weighted by Crippen LogP contribution is -2.09. The highest BCUT2D eigenvalue weighted by atomic mass is 16.5. The molecule has 1 unspecified atom stereocenters. The van der Waals surface area contributed by atoms with E-state index < -0.39 is 0 Å². The zero-order valence-corrected chi connectivity index (χ0v) is 11.6. The second-order valence-electron chi connectivity index (χ2n) is 5.03. The fraction of sp³-hybridized carbons (Fsp3) is 0.600. The molecule has 1 N–H and O–H groups in total. The Hall–Kier alpha value is -1.22. The Morgan fingerprint density at radius 2 is 1.94 bits per heavy atom. The summed E-state index contributed by atoms with van der Waals surface area (Å²) >= 11 is 0. The van der Waals surface area contributed by atoms with Gasteiger partial charge < -0.3 is 14.8 Å². The Morgan fingerprint density at radius 3 is 2.56 bits per heavy atom. The van der Waals surface area contributed by atoms with E-state index in [9.17, 15) is 0 Å². The summed E-state index contributed by atoms with van der Waals surface area (Å²) in [6.07, 6.45) is 3.69. The van der Waals surface area contributed by atoms with Crippen molar-refractivity contribution >= 4 is 0 Å². The van der Waals surface area contributed by atoms with Crippen LogP contribution in [0.3, 0.4) is 0 Å². The van der Waals surface area contributed by atoms with Gasteiger partial charge in [0.25, 0.3) is 0 Å². The van der Waals surface area contributed by atoms with Crippen LogP contribution in [-0.4, -0.2) is 27.3 Å². The standard InChI is InChI=1S/C15H23NO2/c1-11-8-14(17-2)15(18-3)9-13(11)5-4-12-6-7-16-10-12/h8-9,12,16H,4-7,10H2,1-3H3. The van der Waals surface area contributed by atoms with Gasteiger partial charge in [-0.2, -0.15) is 0 Å². The van der Waals surface area contributed by atoms with Crippen molar-refractivity contribution in [1.82, 2.24) is 5.32 Å². The average Bonchev–Trinajstić information content (AvgIpc) is 2.90. The third kappa shape index (κ3) is 2.96. The highest BCUT2D eigenvalue weighted by Crippen LogP contribution is 2.31. The molecule has 0 spiro atoms. The predicted octanol–water partition coefficient (Wildman–Crippen LogP) is 2.55. The maximum atomic E-state index is 5.37. The SMILES string of the molecule is COc1cc(C)c(CCC2CCNC2)cc1OC. The Kier molecular flexibility index (Phi) is 4.48. The van der Waals surface area contributed by atoms with Crippen LogP contribution >= 0.6 is 0 Å². The van der Waals surface area contributed by atoms with Gasteiger partial charge in [0, 0.05) is 0 Å². The van der Waals surface area contributed by atoms with E-state index in [0.29, 0.717) is 0 Å². The van der Waals surface area contributed by atoms with Crippen LogP contribution in [0.15, 0.2) is 12.1 Å². The van der Waals surface area contributed by atoms with E-state index in [1.165, 1.54) is 37.1 Å². The van der Waals surface area contributed by atoms with Gasteiger partial charge in [-0.3, -0.25) is 0 Å².